The first kappa shape index (κ1) is 12.2. The van der Waals surface area contributed by atoms with Crippen LogP contribution in [0.4, 0.5) is 5.69 Å². The summed E-state index contributed by atoms with van der Waals surface area (Å²) in [6.07, 6.45) is 5.02. The van der Waals surface area contributed by atoms with E-state index in [0.717, 1.165) is 36.3 Å². The Morgan fingerprint density at radius 1 is 1.37 bits per heavy atom. The average Bonchev–Trinajstić information content (AvgIpc) is 2.99. The lowest BCUT2D eigenvalue weighted by Gasteiger charge is -2.14. The van der Waals surface area contributed by atoms with Gasteiger partial charge in [0, 0.05) is 30.4 Å². The van der Waals surface area contributed by atoms with Crippen LogP contribution in [-0.4, -0.2) is 26.8 Å². The molecule has 19 heavy (non-hydrogen) atoms. The second kappa shape index (κ2) is 5.01. The van der Waals surface area contributed by atoms with Crippen molar-refractivity contribution in [2.24, 2.45) is 12.8 Å². The van der Waals surface area contributed by atoms with Crippen molar-refractivity contribution in [3.63, 3.8) is 0 Å². The maximum absolute atomic E-state index is 5.94. The van der Waals surface area contributed by atoms with Gasteiger partial charge in [0.2, 0.25) is 0 Å². The van der Waals surface area contributed by atoms with E-state index in [1.54, 1.807) is 6.33 Å². The van der Waals surface area contributed by atoms with Crippen LogP contribution in [-0.2, 0) is 7.05 Å². The minimum Gasteiger partial charge on any atom is -0.382 e. The van der Waals surface area contributed by atoms with E-state index in [-0.39, 0.29) is 0 Å². The van der Waals surface area contributed by atoms with Gasteiger partial charge in [-0.1, -0.05) is 12.1 Å². The highest BCUT2D eigenvalue weighted by Gasteiger charge is 2.21. The third-order valence-corrected chi connectivity index (χ3v) is 3.68. The molecule has 1 aliphatic rings. The van der Waals surface area contributed by atoms with Gasteiger partial charge < -0.3 is 15.6 Å². The standard InChI is InChI=1S/C14H19N5/c1-19-9-16-18-14(19)10-3-2-4-12(7-10)17-13-6-5-11(15)8-13/h2-4,7,9,11,13,17H,5-6,8,15H2,1H3. The van der Waals surface area contributed by atoms with E-state index in [9.17, 15) is 0 Å². The van der Waals surface area contributed by atoms with Crippen molar-refractivity contribution in [1.82, 2.24) is 14.8 Å². The summed E-state index contributed by atoms with van der Waals surface area (Å²) in [6.45, 7) is 0. The van der Waals surface area contributed by atoms with Crippen LogP contribution in [0.1, 0.15) is 19.3 Å². The van der Waals surface area contributed by atoms with E-state index in [4.69, 9.17) is 5.73 Å². The molecule has 2 unspecified atom stereocenters. The zero-order valence-corrected chi connectivity index (χ0v) is 11.1. The van der Waals surface area contributed by atoms with Crippen molar-refractivity contribution in [2.45, 2.75) is 31.3 Å². The fourth-order valence-electron chi connectivity index (χ4n) is 2.68. The zero-order valence-electron chi connectivity index (χ0n) is 11.1. The lowest BCUT2D eigenvalue weighted by atomic mass is 10.1. The Hall–Kier alpha value is -1.88. The molecule has 3 N–H and O–H groups in total. The first-order valence-electron chi connectivity index (χ1n) is 6.69. The first-order valence-corrected chi connectivity index (χ1v) is 6.69. The Morgan fingerprint density at radius 3 is 2.95 bits per heavy atom. The molecule has 1 aromatic heterocycles. The second-order valence-electron chi connectivity index (χ2n) is 5.26. The molecule has 1 fully saturated rings. The molecule has 2 aromatic rings. The maximum atomic E-state index is 5.94. The molecule has 1 saturated carbocycles. The molecule has 1 aliphatic carbocycles. The van der Waals surface area contributed by atoms with Crippen molar-refractivity contribution >= 4 is 5.69 Å². The number of anilines is 1. The van der Waals surface area contributed by atoms with Crippen LogP contribution in [0.2, 0.25) is 0 Å². The number of nitrogens with one attached hydrogen (secondary N) is 1. The second-order valence-corrected chi connectivity index (χ2v) is 5.26. The SMILES string of the molecule is Cn1cnnc1-c1cccc(NC2CCC(N)C2)c1. The Morgan fingerprint density at radius 2 is 2.26 bits per heavy atom. The molecule has 2 atom stereocenters. The molecule has 1 heterocycles. The molecule has 0 aliphatic heterocycles. The lowest BCUT2D eigenvalue weighted by molar-refractivity contribution is 0.688. The molecule has 1 aromatic carbocycles. The largest absolute Gasteiger partial charge is 0.382 e. The van der Waals surface area contributed by atoms with Gasteiger partial charge >= 0.3 is 0 Å². The van der Waals surface area contributed by atoms with Crippen molar-refractivity contribution in [1.29, 1.82) is 0 Å². The number of rotatable bonds is 3. The summed E-state index contributed by atoms with van der Waals surface area (Å²) in [6, 6.07) is 9.14. The summed E-state index contributed by atoms with van der Waals surface area (Å²) in [7, 11) is 1.95. The van der Waals surface area contributed by atoms with E-state index in [0.29, 0.717) is 12.1 Å². The van der Waals surface area contributed by atoms with Crippen molar-refractivity contribution < 1.29 is 0 Å². The van der Waals surface area contributed by atoms with Crippen LogP contribution in [0, 0.1) is 0 Å². The van der Waals surface area contributed by atoms with Gasteiger partial charge in [0.05, 0.1) is 0 Å². The smallest absolute Gasteiger partial charge is 0.163 e. The molecule has 5 heteroatoms. The van der Waals surface area contributed by atoms with Gasteiger partial charge in [0.1, 0.15) is 6.33 Å². The monoisotopic (exact) mass is 257 g/mol. The van der Waals surface area contributed by atoms with E-state index < -0.39 is 0 Å². The Kier molecular flexibility index (Phi) is 3.21. The Bertz CT molecular complexity index is 562. The normalized spacial score (nSPS) is 22.6. The van der Waals surface area contributed by atoms with Crippen LogP contribution in [0.5, 0.6) is 0 Å². The molecule has 0 bridgehead atoms. The van der Waals surface area contributed by atoms with Gasteiger partial charge in [-0.15, -0.1) is 10.2 Å². The summed E-state index contributed by atoms with van der Waals surface area (Å²) < 4.78 is 1.92. The third kappa shape index (κ3) is 2.61. The molecule has 0 saturated heterocycles. The van der Waals surface area contributed by atoms with Crippen molar-refractivity contribution in [3.8, 4) is 11.4 Å². The molecule has 5 nitrogen and oxygen atoms in total. The predicted octanol–water partition coefficient (Wildman–Crippen LogP) is 1.77. The molecular formula is C14H19N5. The van der Waals surface area contributed by atoms with Crippen LogP contribution < -0.4 is 11.1 Å². The summed E-state index contributed by atoms with van der Waals surface area (Å²) in [4.78, 5) is 0. The number of hydrogen-bond donors (Lipinski definition) is 2. The van der Waals surface area contributed by atoms with Crippen molar-refractivity contribution in [3.05, 3.63) is 30.6 Å². The Balaban J connectivity index is 1.79. The molecule has 3 rings (SSSR count). The van der Waals surface area contributed by atoms with E-state index in [1.165, 1.54) is 0 Å². The first-order chi connectivity index (χ1) is 9.22. The Labute approximate surface area is 112 Å². The summed E-state index contributed by atoms with van der Waals surface area (Å²) in [5.74, 6) is 0.881. The van der Waals surface area contributed by atoms with Crippen molar-refractivity contribution in [2.75, 3.05) is 5.32 Å². The number of aromatic nitrogens is 3. The number of nitrogens with zero attached hydrogens (tertiary/aromatic N) is 3. The van der Waals surface area contributed by atoms with Crippen LogP contribution >= 0.6 is 0 Å². The average molecular weight is 257 g/mol. The number of aryl methyl sites for hydroxylation is 1. The fourth-order valence-corrected chi connectivity index (χ4v) is 2.68. The molecule has 0 radical (unpaired) electrons. The molecule has 0 spiro atoms. The van der Waals surface area contributed by atoms with Gasteiger partial charge in [0.25, 0.3) is 0 Å². The minimum atomic E-state index is 0.347. The number of nitrogens with two attached hydrogens (primary N) is 1. The molecule has 0 amide bonds. The number of hydrogen-bond acceptors (Lipinski definition) is 4. The van der Waals surface area contributed by atoms with Gasteiger partial charge in [-0.2, -0.15) is 0 Å². The van der Waals surface area contributed by atoms with E-state index in [2.05, 4.69) is 33.7 Å². The zero-order chi connectivity index (χ0) is 13.2. The van der Waals surface area contributed by atoms with Crippen LogP contribution in [0.3, 0.4) is 0 Å². The highest BCUT2D eigenvalue weighted by atomic mass is 15.2. The maximum Gasteiger partial charge on any atom is 0.163 e. The van der Waals surface area contributed by atoms with Gasteiger partial charge in [-0.05, 0) is 31.4 Å². The lowest BCUT2D eigenvalue weighted by Crippen LogP contribution is -2.20. The fraction of sp³-hybridized carbons (Fsp3) is 0.429. The predicted molar refractivity (Wildman–Crippen MR) is 75.7 cm³/mol. The summed E-state index contributed by atoms with van der Waals surface area (Å²) >= 11 is 0. The summed E-state index contributed by atoms with van der Waals surface area (Å²) in [5, 5.41) is 11.6. The highest BCUT2D eigenvalue weighted by molar-refractivity contribution is 5.62. The molecule has 100 valence electrons. The van der Waals surface area contributed by atoms with Crippen LogP contribution in [0.15, 0.2) is 30.6 Å². The molecular weight excluding hydrogens is 238 g/mol. The topological polar surface area (TPSA) is 68.8 Å². The highest BCUT2D eigenvalue weighted by Crippen LogP contribution is 2.24. The third-order valence-electron chi connectivity index (χ3n) is 3.68. The van der Waals surface area contributed by atoms with E-state index >= 15 is 0 Å². The van der Waals surface area contributed by atoms with Gasteiger partial charge in [-0.25, -0.2) is 0 Å². The van der Waals surface area contributed by atoms with Gasteiger partial charge in [-0.3, -0.25) is 0 Å². The van der Waals surface area contributed by atoms with Crippen LogP contribution in [0.25, 0.3) is 11.4 Å². The van der Waals surface area contributed by atoms with E-state index in [1.807, 2.05) is 17.7 Å². The van der Waals surface area contributed by atoms with Gasteiger partial charge in [0.15, 0.2) is 5.82 Å². The number of benzene rings is 1. The minimum absolute atomic E-state index is 0.347. The quantitative estimate of drug-likeness (QED) is 0.879. The summed E-state index contributed by atoms with van der Waals surface area (Å²) in [5.41, 5.74) is 8.14.